The van der Waals surface area contributed by atoms with Crippen LogP contribution in [0.1, 0.15) is 18.9 Å². The van der Waals surface area contributed by atoms with Crippen LogP contribution in [0, 0.1) is 17.6 Å². The van der Waals surface area contributed by atoms with Gasteiger partial charge in [-0.15, -0.1) is 0 Å². The van der Waals surface area contributed by atoms with E-state index in [1.54, 1.807) is 0 Å². The van der Waals surface area contributed by atoms with Gasteiger partial charge in [-0.3, -0.25) is 0 Å². The van der Waals surface area contributed by atoms with E-state index in [9.17, 15) is 8.78 Å². The molecule has 0 radical (unpaired) electrons. The van der Waals surface area contributed by atoms with Crippen LogP contribution in [-0.2, 0) is 6.42 Å². The van der Waals surface area contributed by atoms with E-state index in [0.717, 1.165) is 23.9 Å². The minimum atomic E-state index is -0.485. The van der Waals surface area contributed by atoms with Gasteiger partial charge in [0.25, 0.3) is 0 Å². The predicted octanol–water partition coefficient (Wildman–Crippen LogP) is 3.24. The molecule has 18 heavy (non-hydrogen) atoms. The molecule has 0 bridgehead atoms. The predicted molar refractivity (Wildman–Crippen MR) is 73.0 cm³/mol. The number of thioether (sulfide) groups is 1. The van der Waals surface area contributed by atoms with Crippen LogP contribution in [0.4, 0.5) is 8.78 Å². The lowest BCUT2D eigenvalue weighted by Crippen LogP contribution is -2.38. The second kappa shape index (κ2) is 6.53. The van der Waals surface area contributed by atoms with Crippen molar-refractivity contribution < 1.29 is 8.78 Å². The monoisotopic (exact) mass is 271 g/mol. The second-order valence-corrected chi connectivity index (χ2v) is 5.92. The van der Waals surface area contributed by atoms with Crippen LogP contribution in [0.2, 0.25) is 0 Å². The topological polar surface area (TPSA) is 12.0 Å². The van der Waals surface area contributed by atoms with Crippen LogP contribution >= 0.6 is 11.8 Å². The lowest BCUT2D eigenvalue weighted by molar-refractivity contribution is 0.386. The Labute approximate surface area is 111 Å². The van der Waals surface area contributed by atoms with Gasteiger partial charge in [0.1, 0.15) is 11.6 Å². The third-order valence-electron chi connectivity index (χ3n) is 3.38. The van der Waals surface area contributed by atoms with Gasteiger partial charge in [0.15, 0.2) is 0 Å². The van der Waals surface area contributed by atoms with Crippen molar-refractivity contribution in [2.45, 2.75) is 25.8 Å². The second-order valence-electron chi connectivity index (χ2n) is 4.77. The molecule has 1 aliphatic heterocycles. The molecule has 2 unspecified atom stereocenters. The zero-order chi connectivity index (χ0) is 13.0. The quantitative estimate of drug-likeness (QED) is 0.882. The molecule has 0 aliphatic carbocycles. The summed E-state index contributed by atoms with van der Waals surface area (Å²) in [7, 11) is 0. The van der Waals surface area contributed by atoms with Gasteiger partial charge in [-0.05, 0) is 54.5 Å². The standard InChI is InChI=1S/C14H19F2NS/c1-2-17-14(11-3-4-18-9-11)7-10-5-12(15)8-13(16)6-10/h5-6,8,11,14,17H,2-4,7,9H2,1H3. The van der Waals surface area contributed by atoms with E-state index in [4.69, 9.17) is 0 Å². The molecule has 0 aromatic heterocycles. The van der Waals surface area contributed by atoms with Gasteiger partial charge >= 0.3 is 0 Å². The number of halogens is 2. The highest BCUT2D eigenvalue weighted by atomic mass is 32.2. The molecule has 2 rings (SSSR count). The van der Waals surface area contributed by atoms with E-state index in [1.807, 2.05) is 11.8 Å². The van der Waals surface area contributed by atoms with Crippen molar-refractivity contribution >= 4 is 11.8 Å². The molecule has 1 aromatic rings. The van der Waals surface area contributed by atoms with Crippen molar-refractivity contribution in [1.82, 2.24) is 5.32 Å². The summed E-state index contributed by atoms with van der Waals surface area (Å²) < 4.78 is 26.4. The highest BCUT2D eigenvalue weighted by molar-refractivity contribution is 7.99. The Morgan fingerprint density at radius 3 is 2.61 bits per heavy atom. The van der Waals surface area contributed by atoms with Gasteiger partial charge < -0.3 is 5.32 Å². The maximum Gasteiger partial charge on any atom is 0.126 e. The first-order chi connectivity index (χ1) is 8.69. The van der Waals surface area contributed by atoms with E-state index in [1.165, 1.54) is 24.3 Å². The first-order valence-corrected chi connectivity index (χ1v) is 7.60. The summed E-state index contributed by atoms with van der Waals surface area (Å²) in [6.07, 6.45) is 1.90. The van der Waals surface area contributed by atoms with E-state index in [0.29, 0.717) is 18.4 Å². The number of benzene rings is 1. The van der Waals surface area contributed by atoms with Crippen LogP contribution in [0.25, 0.3) is 0 Å². The fourth-order valence-electron chi connectivity index (χ4n) is 2.52. The SMILES string of the molecule is CCNC(Cc1cc(F)cc(F)c1)C1CCSC1. The molecule has 0 spiro atoms. The summed E-state index contributed by atoms with van der Waals surface area (Å²) in [6, 6.07) is 4.13. The van der Waals surface area contributed by atoms with Crippen LogP contribution in [0.5, 0.6) is 0 Å². The third-order valence-corrected chi connectivity index (χ3v) is 4.57. The fourth-order valence-corrected chi connectivity index (χ4v) is 3.86. The molecule has 4 heteroatoms. The maximum atomic E-state index is 13.2. The zero-order valence-corrected chi connectivity index (χ0v) is 11.4. The van der Waals surface area contributed by atoms with Gasteiger partial charge in [0.05, 0.1) is 0 Å². The lowest BCUT2D eigenvalue weighted by Gasteiger charge is -2.24. The summed E-state index contributed by atoms with van der Waals surface area (Å²) in [5, 5.41) is 3.45. The highest BCUT2D eigenvalue weighted by Crippen LogP contribution is 2.28. The average molecular weight is 271 g/mol. The number of likely N-dealkylation sites (N-methyl/N-ethyl adjacent to an activating group) is 1. The summed E-state index contributed by atoms with van der Waals surface area (Å²) in [4.78, 5) is 0. The Kier molecular flexibility index (Phi) is 5.01. The van der Waals surface area contributed by atoms with E-state index in [2.05, 4.69) is 12.2 Å². The van der Waals surface area contributed by atoms with Crippen LogP contribution in [0.15, 0.2) is 18.2 Å². The molecule has 1 nitrogen and oxygen atoms in total. The molecule has 1 heterocycles. The van der Waals surface area contributed by atoms with Crippen molar-refractivity contribution in [3.8, 4) is 0 Å². The average Bonchev–Trinajstić information content (AvgIpc) is 2.80. The summed E-state index contributed by atoms with van der Waals surface area (Å²) in [6.45, 7) is 2.96. The molecular weight excluding hydrogens is 252 g/mol. The summed E-state index contributed by atoms with van der Waals surface area (Å²) in [5.74, 6) is 1.99. The van der Waals surface area contributed by atoms with Crippen molar-refractivity contribution in [3.63, 3.8) is 0 Å². The Hall–Kier alpha value is -0.610. The van der Waals surface area contributed by atoms with Crippen molar-refractivity contribution in [3.05, 3.63) is 35.4 Å². The molecule has 100 valence electrons. The van der Waals surface area contributed by atoms with Crippen molar-refractivity contribution in [1.29, 1.82) is 0 Å². The van der Waals surface area contributed by atoms with Crippen LogP contribution in [-0.4, -0.2) is 24.1 Å². The number of rotatable bonds is 5. The molecule has 1 aromatic carbocycles. The largest absolute Gasteiger partial charge is 0.314 e. The number of hydrogen-bond acceptors (Lipinski definition) is 2. The normalized spacial score (nSPS) is 21.2. The number of hydrogen-bond donors (Lipinski definition) is 1. The zero-order valence-electron chi connectivity index (χ0n) is 10.6. The van der Waals surface area contributed by atoms with E-state index in [-0.39, 0.29) is 0 Å². The van der Waals surface area contributed by atoms with Crippen LogP contribution in [0.3, 0.4) is 0 Å². The minimum Gasteiger partial charge on any atom is -0.314 e. The summed E-state index contributed by atoms with van der Waals surface area (Å²) in [5.41, 5.74) is 0.746. The molecule has 0 saturated carbocycles. The van der Waals surface area contributed by atoms with Gasteiger partial charge in [0.2, 0.25) is 0 Å². The third kappa shape index (κ3) is 3.69. The van der Waals surface area contributed by atoms with Gasteiger partial charge in [-0.25, -0.2) is 8.78 Å². The summed E-state index contributed by atoms with van der Waals surface area (Å²) >= 11 is 1.97. The minimum absolute atomic E-state index is 0.325. The van der Waals surface area contributed by atoms with Gasteiger partial charge in [0, 0.05) is 12.1 Å². The van der Waals surface area contributed by atoms with Gasteiger partial charge in [-0.2, -0.15) is 11.8 Å². The Balaban J connectivity index is 2.07. The fraction of sp³-hybridized carbons (Fsp3) is 0.571. The first-order valence-electron chi connectivity index (χ1n) is 6.45. The smallest absolute Gasteiger partial charge is 0.126 e. The highest BCUT2D eigenvalue weighted by Gasteiger charge is 2.25. The van der Waals surface area contributed by atoms with Gasteiger partial charge in [-0.1, -0.05) is 6.92 Å². The maximum absolute atomic E-state index is 13.2. The van der Waals surface area contributed by atoms with E-state index >= 15 is 0 Å². The van der Waals surface area contributed by atoms with Crippen molar-refractivity contribution in [2.24, 2.45) is 5.92 Å². The molecule has 1 aliphatic rings. The van der Waals surface area contributed by atoms with Crippen LogP contribution < -0.4 is 5.32 Å². The molecule has 1 N–H and O–H groups in total. The van der Waals surface area contributed by atoms with E-state index < -0.39 is 11.6 Å². The molecule has 1 fully saturated rings. The molecule has 2 atom stereocenters. The Morgan fingerprint density at radius 1 is 1.33 bits per heavy atom. The Morgan fingerprint density at radius 2 is 2.06 bits per heavy atom. The molecule has 1 saturated heterocycles. The Bertz CT molecular complexity index is 371. The lowest BCUT2D eigenvalue weighted by atomic mass is 9.93. The molecular formula is C14H19F2NS. The van der Waals surface area contributed by atoms with Crippen molar-refractivity contribution in [2.75, 3.05) is 18.1 Å². The number of nitrogens with one attached hydrogen (secondary N) is 1. The first kappa shape index (κ1) is 13.8. The molecule has 0 amide bonds.